The van der Waals surface area contributed by atoms with Crippen molar-refractivity contribution in [3.8, 4) is 11.4 Å². The molecule has 1 aliphatic heterocycles. The largest absolute Gasteiger partial charge is 0.347 e. The summed E-state index contributed by atoms with van der Waals surface area (Å²) < 4.78 is 0. The molecule has 1 fully saturated rings. The molecule has 5 nitrogen and oxygen atoms in total. The van der Waals surface area contributed by atoms with Crippen molar-refractivity contribution in [3.63, 3.8) is 0 Å². The first-order valence-electron chi connectivity index (χ1n) is 6.90. The van der Waals surface area contributed by atoms with Crippen LogP contribution < -0.4 is 10.2 Å². The van der Waals surface area contributed by atoms with Crippen LogP contribution in [0, 0.1) is 0 Å². The van der Waals surface area contributed by atoms with Crippen molar-refractivity contribution < 1.29 is 0 Å². The summed E-state index contributed by atoms with van der Waals surface area (Å²) in [6.07, 6.45) is 1.77. The summed E-state index contributed by atoms with van der Waals surface area (Å²) in [4.78, 5) is 6.60. The minimum atomic E-state index is 0.0550. The van der Waals surface area contributed by atoms with Gasteiger partial charge in [-0.25, -0.2) is 0 Å². The Balaban J connectivity index is 1.86. The van der Waals surface area contributed by atoms with Crippen LogP contribution in [0.15, 0.2) is 36.5 Å². The van der Waals surface area contributed by atoms with Crippen molar-refractivity contribution in [3.05, 3.63) is 36.5 Å². The molecule has 0 amide bonds. The molecule has 2 aromatic heterocycles. The Hall–Kier alpha value is -2.01. The Labute approximate surface area is 119 Å². The summed E-state index contributed by atoms with van der Waals surface area (Å²) in [6.45, 7) is 7.31. The molecule has 0 bridgehead atoms. The van der Waals surface area contributed by atoms with E-state index in [1.807, 2.05) is 30.3 Å². The van der Waals surface area contributed by atoms with Crippen molar-refractivity contribution in [2.45, 2.75) is 19.4 Å². The molecule has 0 unspecified atom stereocenters. The van der Waals surface area contributed by atoms with Gasteiger partial charge in [-0.2, -0.15) is 0 Å². The first kappa shape index (κ1) is 13.0. The van der Waals surface area contributed by atoms with Crippen LogP contribution in [0.5, 0.6) is 0 Å². The lowest BCUT2D eigenvalue weighted by Gasteiger charge is -2.43. The van der Waals surface area contributed by atoms with Crippen molar-refractivity contribution in [1.29, 1.82) is 0 Å². The van der Waals surface area contributed by atoms with E-state index in [4.69, 9.17) is 0 Å². The van der Waals surface area contributed by atoms with Crippen LogP contribution in [0.2, 0.25) is 0 Å². The molecule has 3 heterocycles. The van der Waals surface area contributed by atoms with Gasteiger partial charge in [0.25, 0.3) is 0 Å². The number of piperazine rings is 1. The van der Waals surface area contributed by atoms with Gasteiger partial charge in [0.15, 0.2) is 5.82 Å². The lowest BCUT2D eigenvalue weighted by atomic mass is 10.0. The topological polar surface area (TPSA) is 53.9 Å². The predicted molar refractivity (Wildman–Crippen MR) is 79.6 cm³/mol. The van der Waals surface area contributed by atoms with Gasteiger partial charge in [0.1, 0.15) is 5.69 Å². The lowest BCUT2D eigenvalue weighted by Crippen LogP contribution is -2.58. The zero-order valence-corrected chi connectivity index (χ0v) is 11.9. The Morgan fingerprint density at radius 3 is 2.65 bits per heavy atom. The second-order valence-electron chi connectivity index (χ2n) is 5.63. The standard InChI is InChI=1S/C15H19N5/c1-15(2)11-16-9-10-20(15)14-7-6-13(18-19-14)12-5-3-4-8-17-12/h3-8,16H,9-11H2,1-2H3. The molecule has 0 saturated carbocycles. The maximum atomic E-state index is 4.38. The number of anilines is 1. The number of hydrogen-bond donors (Lipinski definition) is 1. The van der Waals surface area contributed by atoms with E-state index in [0.717, 1.165) is 36.8 Å². The Kier molecular flexibility index (Phi) is 3.36. The molecule has 0 spiro atoms. The third kappa shape index (κ3) is 2.49. The first-order valence-corrected chi connectivity index (χ1v) is 6.90. The molecule has 2 aromatic rings. The highest BCUT2D eigenvalue weighted by molar-refractivity contribution is 5.55. The third-order valence-corrected chi connectivity index (χ3v) is 3.65. The summed E-state index contributed by atoms with van der Waals surface area (Å²) in [6, 6.07) is 9.82. The molecule has 20 heavy (non-hydrogen) atoms. The van der Waals surface area contributed by atoms with Gasteiger partial charge >= 0.3 is 0 Å². The fourth-order valence-electron chi connectivity index (χ4n) is 2.53. The zero-order chi connectivity index (χ0) is 14.0. The minimum absolute atomic E-state index is 0.0550. The van der Waals surface area contributed by atoms with Gasteiger partial charge in [0, 0.05) is 31.4 Å². The van der Waals surface area contributed by atoms with Gasteiger partial charge in [-0.3, -0.25) is 4.98 Å². The average Bonchev–Trinajstić information content (AvgIpc) is 2.48. The summed E-state index contributed by atoms with van der Waals surface area (Å²) >= 11 is 0. The lowest BCUT2D eigenvalue weighted by molar-refractivity contribution is 0.377. The fourth-order valence-corrected chi connectivity index (χ4v) is 2.53. The van der Waals surface area contributed by atoms with Crippen LogP contribution in [0.1, 0.15) is 13.8 Å². The molecule has 5 heteroatoms. The number of nitrogens with one attached hydrogen (secondary N) is 1. The van der Waals surface area contributed by atoms with E-state index in [0.29, 0.717) is 0 Å². The van der Waals surface area contributed by atoms with Crippen molar-refractivity contribution in [1.82, 2.24) is 20.5 Å². The second kappa shape index (κ2) is 5.17. The van der Waals surface area contributed by atoms with E-state index in [2.05, 4.69) is 39.2 Å². The Morgan fingerprint density at radius 1 is 1.10 bits per heavy atom. The highest BCUT2D eigenvalue weighted by atomic mass is 15.3. The molecule has 1 aliphatic rings. The molecule has 0 aliphatic carbocycles. The van der Waals surface area contributed by atoms with Crippen LogP contribution in [0.4, 0.5) is 5.82 Å². The van der Waals surface area contributed by atoms with E-state index in [1.165, 1.54) is 0 Å². The van der Waals surface area contributed by atoms with E-state index < -0.39 is 0 Å². The predicted octanol–water partition coefficient (Wildman–Crippen LogP) is 1.73. The monoisotopic (exact) mass is 269 g/mol. The fraction of sp³-hybridized carbons (Fsp3) is 0.400. The number of hydrogen-bond acceptors (Lipinski definition) is 5. The van der Waals surface area contributed by atoms with Gasteiger partial charge in [0.05, 0.1) is 5.69 Å². The van der Waals surface area contributed by atoms with Gasteiger partial charge in [0.2, 0.25) is 0 Å². The van der Waals surface area contributed by atoms with Gasteiger partial charge in [-0.05, 0) is 38.1 Å². The van der Waals surface area contributed by atoms with Crippen LogP contribution in [-0.4, -0.2) is 40.4 Å². The SMILES string of the molecule is CC1(C)CNCCN1c1ccc(-c2ccccn2)nn1. The van der Waals surface area contributed by atoms with Crippen LogP contribution >= 0.6 is 0 Å². The molecule has 0 atom stereocenters. The van der Waals surface area contributed by atoms with Gasteiger partial charge < -0.3 is 10.2 Å². The number of rotatable bonds is 2. The molecule has 1 saturated heterocycles. The number of nitrogens with zero attached hydrogens (tertiary/aromatic N) is 4. The van der Waals surface area contributed by atoms with Gasteiger partial charge in [-0.1, -0.05) is 6.07 Å². The Morgan fingerprint density at radius 2 is 2.00 bits per heavy atom. The molecule has 0 radical (unpaired) electrons. The second-order valence-corrected chi connectivity index (χ2v) is 5.63. The smallest absolute Gasteiger partial charge is 0.151 e. The highest BCUT2D eigenvalue weighted by Gasteiger charge is 2.30. The summed E-state index contributed by atoms with van der Waals surface area (Å²) in [5.41, 5.74) is 1.72. The normalized spacial score (nSPS) is 18.0. The van der Waals surface area contributed by atoms with Crippen molar-refractivity contribution in [2.24, 2.45) is 0 Å². The average molecular weight is 269 g/mol. The molecular formula is C15H19N5. The van der Waals surface area contributed by atoms with Gasteiger partial charge in [-0.15, -0.1) is 10.2 Å². The quantitative estimate of drug-likeness (QED) is 0.899. The summed E-state index contributed by atoms with van der Waals surface area (Å²) in [7, 11) is 0. The van der Waals surface area contributed by atoms with Crippen molar-refractivity contribution in [2.75, 3.05) is 24.5 Å². The zero-order valence-electron chi connectivity index (χ0n) is 11.9. The molecule has 1 N–H and O–H groups in total. The minimum Gasteiger partial charge on any atom is -0.347 e. The number of pyridine rings is 1. The molecule has 104 valence electrons. The van der Waals surface area contributed by atoms with Crippen LogP contribution in [-0.2, 0) is 0 Å². The third-order valence-electron chi connectivity index (χ3n) is 3.65. The Bertz CT molecular complexity index is 565. The van der Waals surface area contributed by atoms with Crippen LogP contribution in [0.3, 0.4) is 0 Å². The van der Waals surface area contributed by atoms with E-state index in [1.54, 1.807) is 6.20 Å². The summed E-state index contributed by atoms with van der Waals surface area (Å²) in [5.74, 6) is 0.927. The van der Waals surface area contributed by atoms with E-state index in [9.17, 15) is 0 Å². The molecule has 3 rings (SSSR count). The van der Waals surface area contributed by atoms with Crippen LogP contribution in [0.25, 0.3) is 11.4 Å². The van der Waals surface area contributed by atoms with E-state index in [-0.39, 0.29) is 5.54 Å². The maximum Gasteiger partial charge on any atom is 0.151 e. The molecule has 0 aromatic carbocycles. The van der Waals surface area contributed by atoms with E-state index >= 15 is 0 Å². The molecular weight excluding hydrogens is 250 g/mol. The number of aromatic nitrogens is 3. The van der Waals surface area contributed by atoms with Crippen molar-refractivity contribution >= 4 is 5.82 Å². The first-order chi connectivity index (χ1) is 9.67. The highest BCUT2D eigenvalue weighted by Crippen LogP contribution is 2.24. The maximum absolute atomic E-state index is 4.38. The summed E-state index contributed by atoms with van der Waals surface area (Å²) in [5, 5.41) is 12.1.